The van der Waals surface area contributed by atoms with Crippen LogP contribution in [0.2, 0.25) is 0 Å². The molecule has 5 nitrogen and oxygen atoms in total. The van der Waals surface area contributed by atoms with Gasteiger partial charge in [-0.3, -0.25) is 15.6 Å². The molecule has 0 aliphatic heterocycles. The zero-order chi connectivity index (χ0) is 16.9. The summed E-state index contributed by atoms with van der Waals surface area (Å²) >= 11 is 5.29. The first-order valence-corrected chi connectivity index (χ1v) is 8.94. The van der Waals surface area contributed by atoms with Gasteiger partial charge >= 0.3 is 0 Å². The highest BCUT2D eigenvalue weighted by Crippen LogP contribution is 2.23. The summed E-state index contributed by atoms with van der Waals surface area (Å²) in [5.74, 6) is 0.501. The SMILES string of the molecule is C[C@@H]1CCCC[C@H]1NC(=S)NNC(=O)Cc1c[nH]c2ccccc12. The smallest absolute Gasteiger partial charge is 0.242 e. The van der Waals surface area contributed by atoms with Crippen molar-refractivity contribution in [2.45, 2.75) is 45.1 Å². The highest BCUT2D eigenvalue weighted by molar-refractivity contribution is 7.80. The molecule has 0 radical (unpaired) electrons. The molecule has 128 valence electrons. The number of rotatable bonds is 3. The Bertz CT molecular complexity index is 727. The average molecular weight is 344 g/mol. The third kappa shape index (κ3) is 4.06. The molecule has 6 heteroatoms. The number of hydrogen-bond acceptors (Lipinski definition) is 2. The molecule has 1 aliphatic carbocycles. The van der Waals surface area contributed by atoms with Crippen molar-refractivity contribution in [3.8, 4) is 0 Å². The molecule has 1 heterocycles. The Morgan fingerprint density at radius 1 is 1.25 bits per heavy atom. The number of hydrogen-bond donors (Lipinski definition) is 4. The van der Waals surface area contributed by atoms with Crippen LogP contribution < -0.4 is 16.2 Å². The lowest BCUT2D eigenvalue weighted by molar-refractivity contribution is -0.121. The predicted octanol–water partition coefficient (Wildman–Crippen LogP) is 2.78. The van der Waals surface area contributed by atoms with Crippen molar-refractivity contribution in [2.75, 3.05) is 0 Å². The van der Waals surface area contributed by atoms with Gasteiger partial charge in [-0.15, -0.1) is 0 Å². The van der Waals surface area contributed by atoms with Crippen molar-refractivity contribution in [2.24, 2.45) is 5.92 Å². The molecular weight excluding hydrogens is 320 g/mol. The Balaban J connectivity index is 1.47. The number of aromatic amines is 1. The molecule has 1 fully saturated rings. The summed E-state index contributed by atoms with van der Waals surface area (Å²) in [4.78, 5) is 15.3. The number of thiocarbonyl (C=S) groups is 1. The maximum Gasteiger partial charge on any atom is 0.242 e. The quantitative estimate of drug-likeness (QED) is 0.510. The molecule has 1 saturated carbocycles. The molecule has 24 heavy (non-hydrogen) atoms. The van der Waals surface area contributed by atoms with Gasteiger partial charge in [-0.05, 0) is 42.6 Å². The Hall–Kier alpha value is -2.08. The van der Waals surface area contributed by atoms with Gasteiger partial charge in [0.1, 0.15) is 0 Å². The number of aromatic nitrogens is 1. The largest absolute Gasteiger partial charge is 0.361 e. The van der Waals surface area contributed by atoms with Gasteiger partial charge in [-0.25, -0.2) is 0 Å². The first-order valence-electron chi connectivity index (χ1n) is 8.54. The lowest BCUT2D eigenvalue weighted by Gasteiger charge is -2.30. The van der Waals surface area contributed by atoms with E-state index in [0.717, 1.165) is 22.9 Å². The van der Waals surface area contributed by atoms with E-state index in [1.54, 1.807) is 0 Å². The van der Waals surface area contributed by atoms with Gasteiger partial charge in [0.25, 0.3) is 0 Å². The van der Waals surface area contributed by atoms with Crippen LogP contribution in [0.15, 0.2) is 30.5 Å². The zero-order valence-electron chi connectivity index (χ0n) is 13.9. The van der Waals surface area contributed by atoms with E-state index in [2.05, 4.69) is 28.1 Å². The van der Waals surface area contributed by atoms with E-state index >= 15 is 0 Å². The van der Waals surface area contributed by atoms with Crippen LogP contribution in [0.1, 0.15) is 38.2 Å². The van der Waals surface area contributed by atoms with Crippen molar-refractivity contribution in [1.29, 1.82) is 0 Å². The molecule has 0 saturated heterocycles. The van der Waals surface area contributed by atoms with E-state index in [1.807, 2.05) is 30.5 Å². The number of carbonyl (C=O) groups excluding carboxylic acids is 1. The Morgan fingerprint density at radius 3 is 2.88 bits per heavy atom. The van der Waals surface area contributed by atoms with E-state index in [9.17, 15) is 4.79 Å². The van der Waals surface area contributed by atoms with Gasteiger partial charge in [0, 0.05) is 23.1 Å². The molecule has 0 spiro atoms. The third-order valence-corrected chi connectivity index (χ3v) is 4.99. The van der Waals surface area contributed by atoms with Crippen molar-refractivity contribution in [3.63, 3.8) is 0 Å². The molecule has 1 aromatic carbocycles. The second-order valence-corrected chi connectivity index (χ2v) is 6.96. The molecule has 4 N–H and O–H groups in total. The molecule has 0 bridgehead atoms. The number of nitrogens with one attached hydrogen (secondary N) is 4. The van der Waals surface area contributed by atoms with E-state index < -0.39 is 0 Å². The third-order valence-electron chi connectivity index (χ3n) is 4.77. The number of carbonyl (C=O) groups is 1. The molecule has 3 rings (SSSR count). The van der Waals surface area contributed by atoms with Gasteiger partial charge < -0.3 is 10.3 Å². The van der Waals surface area contributed by atoms with Crippen molar-refractivity contribution < 1.29 is 4.79 Å². The molecule has 1 aliphatic rings. The standard InChI is InChI=1S/C18H24N4OS/c1-12-6-2-4-8-15(12)20-18(24)22-21-17(23)10-13-11-19-16-9-5-3-7-14(13)16/h3,5,7,9,11-12,15,19H,2,4,6,8,10H2,1H3,(H,21,23)(H2,20,22,24)/t12-,15-/m1/s1. The summed E-state index contributed by atoms with van der Waals surface area (Å²) in [6, 6.07) is 8.35. The second kappa shape index (κ2) is 7.66. The average Bonchev–Trinajstić information content (AvgIpc) is 2.98. The van der Waals surface area contributed by atoms with Crippen LogP contribution in [0.5, 0.6) is 0 Å². The van der Waals surface area contributed by atoms with Gasteiger partial charge in [-0.2, -0.15) is 0 Å². The minimum Gasteiger partial charge on any atom is -0.361 e. The fraction of sp³-hybridized carbons (Fsp3) is 0.444. The van der Waals surface area contributed by atoms with Gasteiger partial charge in [0.15, 0.2) is 5.11 Å². The monoisotopic (exact) mass is 344 g/mol. The Morgan fingerprint density at radius 2 is 2.04 bits per heavy atom. The van der Waals surface area contributed by atoms with Crippen LogP contribution in [-0.4, -0.2) is 22.0 Å². The van der Waals surface area contributed by atoms with E-state index in [4.69, 9.17) is 12.2 Å². The minimum atomic E-state index is -0.111. The predicted molar refractivity (Wildman–Crippen MR) is 100 cm³/mol. The van der Waals surface area contributed by atoms with Crippen molar-refractivity contribution in [3.05, 3.63) is 36.0 Å². The number of benzene rings is 1. The van der Waals surface area contributed by atoms with E-state index in [0.29, 0.717) is 23.5 Å². The van der Waals surface area contributed by atoms with E-state index in [-0.39, 0.29) is 5.91 Å². The highest BCUT2D eigenvalue weighted by Gasteiger charge is 2.21. The summed E-state index contributed by atoms with van der Waals surface area (Å²) < 4.78 is 0. The zero-order valence-corrected chi connectivity index (χ0v) is 14.7. The molecule has 2 atom stereocenters. The van der Waals surface area contributed by atoms with Crippen LogP contribution in [0.3, 0.4) is 0 Å². The highest BCUT2D eigenvalue weighted by atomic mass is 32.1. The summed E-state index contributed by atoms with van der Waals surface area (Å²) in [6.45, 7) is 2.25. The molecule has 0 unspecified atom stereocenters. The fourth-order valence-electron chi connectivity index (χ4n) is 3.36. The van der Waals surface area contributed by atoms with Gasteiger partial charge in [0.2, 0.25) is 5.91 Å². The number of fused-ring (bicyclic) bond motifs is 1. The molecule has 2 aromatic rings. The summed E-state index contributed by atoms with van der Waals surface area (Å²) in [5, 5.41) is 4.87. The molecular formula is C18H24N4OS. The first kappa shape index (κ1) is 16.8. The van der Waals surface area contributed by atoms with Crippen LogP contribution in [0.4, 0.5) is 0 Å². The van der Waals surface area contributed by atoms with Crippen LogP contribution in [0.25, 0.3) is 10.9 Å². The fourth-order valence-corrected chi connectivity index (χ4v) is 3.56. The maximum absolute atomic E-state index is 12.1. The maximum atomic E-state index is 12.1. The lowest BCUT2D eigenvalue weighted by atomic mass is 9.86. The number of hydrazine groups is 1. The van der Waals surface area contributed by atoms with Crippen LogP contribution in [0, 0.1) is 5.92 Å². The topological polar surface area (TPSA) is 68.9 Å². The van der Waals surface area contributed by atoms with Crippen LogP contribution in [-0.2, 0) is 11.2 Å². The first-order chi connectivity index (χ1) is 11.6. The minimum absolute atomic E-state index is 0.111. The van der Waals surface area contributed by atoms with Gasteiger partial charge in [-0.1, -0.05) is 38.0 Å². The molecule has 1 aromatic heterocycles. The van der Waals surface area contributed by atoms with Crippen molar-refractivity contribution in [1.82, 2.24) is 21.2 Å². The van der Waals surface area contributed by atoms with Crippen molar-refractivity contribution >= 4 is 34.1 Å². The Labute approximate surface area is 147 Å². The second-order valence-electron chi connectivity index (χ2n) is 6.55. The number of para-hydroxylation sites is 1. The summed E-state index contributed by atoms with van der Waals surface area (Å²) in [5.41, 5.74) is 7.52. The summed E-state index contributed by atoms with van der Waals surface area (Å²) in [7, 11) is 0. The number of amides is 1. The van der Waals surface area contributed by atoms with Gasteiger partial charge in [0.05, 0.1) is 6.42 Å². The normalized spacial score (nSPS) is 20.5. The van der Waals surface area contributed by atoms with E-state index in [1.165, 1.54) is 19.3 Å². The van der Waals surface area contributed by atoms with Crippen LogP contribution >= 0.6 is 12.2 Å². The molecule has 1 amide bonds. The summed E-state index contributed by atoms with van der Waals surface area (Å²) in [6.07, 6.45) is 7.07. The lowest BCUT2D eigenvalue weighted by Crippen LogP contribution is -2.51. The Kier molecular flexibility index (Phi) is 5.35. The number of H-pyrrole nitrogens is 1.